The third-order valence-electron chi connectivity index (χ3n) is 3.49. The molecular formula is C13H21N3O2. The monoisotopic (exact) mass is 251 g/mol. The maximum Gasteiger partial charge on any atom is 0.238 e. The van der Waals surface area contributed by atoms with Crippen molar-refractivity contribution in [1.82, 2.24) is 15.5 Å². The van der Waals surface area contributed by atoms with Gasteiger partial charge in [0.25, 0.3) is 0 Å². The van der Waals surface area contributed by atoms with Gasteiger partial charge in [-0.15, -0.1) is 0 Å². The van der Waals surface area contributed by atoms with Crippen LogP contribution in [0.5, 0.6) is 0 Å². The number of amides is 1. The van der Waals surface area contributed by atoms with Crippen molar-refractivity contribution in [3.05, 3.63) is 24.2 Å². The summed E-state index contributed by atoms with van der Waals surface area (Å²) >= 11 is 0. The second-order valence-corrected chi connectivity index (χ2v) is 4.51. The molecule has 1 aliphatic heterocycles. The van der Waals surface area contributed by atoms with E-state index in [1.807, 2.05) is 12.1 Å². The van der Waals surface area contributed by atoms with Crippen molar-refractivity contribution in [3.8, 4) is 0 Å². The van der Waals surface area contributed by atoms with Crippen LogP contribution in [0.4, 0.5) is 0 Å². The van der Waals surface area contributed by atoms with Crippen molar-refractivity contribution in [2.45, 2.75) is 25.4 Å². The minimum absolute atomic E-state index is 0.0622. The van der Waals surface area contributed by atoms with Crippen LogP contribution in [0.15, 0.2) is 22.8 Å². The smallest absolute Gasteiger partial charge is 0.238 e. The highest BCUT2D eigenvalue weighted by Gasteiger charge is 2.33. The zero-order valence-corrected chi connectivity index (χ0v) is 11.0. The van der Waals surface area contributed by atoms with Crippen LogP contribution in [0.1, 0.15) is 25.1 Å². The third kappa shape index (κ3) is 2.57. The normalized spacial score (nSPS) is 22.7. The molecule has 0 spiro atoms. The summed E-state index contributed by atoms with van der Waals surface area (Å²) < 4.78 is 5.51. The highest BCUT2D eigenvalue weighted by atomic mass is 16.3. The number of hydrogen-bond donors (Lipinski definition) is 2. The van der Waals surface area contributed by atoms with Crippen LogP contribution in [0.25, 0.3) is 0 Å². The summed E-state index contributed by atoms with van der Waals surface area (Å²) in [6, 6.07) is 3.93. The van der Waals surface area contributed by atoms with Gasteiger partial charge in [-0.3, -0.25) is 9.69 Å². The Bertz CT molecular complexity index is 378. The summed E-state index contributed by atoms with van der Waals surface area (Å²) in [5.41, 5.74) is 0. The molecule has 2 atom stereocenters. The van der Waals surface area contributed by atoms with Gasteiger partial charge in [-0.1, -0.05) is 6.92 Å². The molecule has 5 heteroatoms. The molecule has 1 aromatic rings. The van der Waals surface area contributed by atoms with E-state index in [-0.39, 0.29) is 18.0 Å². The first-order valence-electron chi connectivity index (χ1n) is 6.49. The zero-order chi connectivity index (χ0) is 13.0. The molecule has 1 saturated heterocycles. The van der Waals surface area contributed by atoms with E-state index in [4.69, 9.17) is 4.42 Å². The fraction of sp³-hybridized carbons (Fsp3) is 0.615. The Morgan fingerprint density at radius 3 is 3.17 bits per heavy atom. The summed E-state index contributed by atoms with van der Waals surface area (Å²) in [4.78, 5) is 14.2. The maximum absolute atomic E-state index is 11.9. The Morgan fingerprint density at radius 1 is 1.72 bits per heavy atom. The molecule has 100 valence electrons. The van der Waals surface area contributed by atoms with Crippen LogP contribution >= 0.6 is 0 Å². The lowest BCUT2D eigenvalue weighted by Gasteiger charge is -2.39. The summed E-state index contributed by atoms with van der Waals surface area (Å²) in [7, 11) is 1.68. The quantitative estimate of drug-likeness (QED) is 0.829. The number of nitrogens with zero attached hydrogens (tertiary/aromatic N) is 1. The van der Waals surface area contributed by atoms with Crippen LogP contribution in [-0.2, 0) is 4.79 Å². The first kappa shape index (κ1) is 13.1. The lowest BCUT2D eigenvalue weighted by atomic mass is 10.0. The number of likely N-dealkylation sites (N-methyl/N-ethyl adjacent to an activating group) is 1. The topological polar surface area (TPSA) is 57.5 Å². The number of rotatable bonds is 4. The summed E-state index contributed by atoms with van der Waals surface area (Å²) in [6.45, 7) is 4.58. The lowest BCUT2D eigenvalue weighted by Crippen LogP contribution is -2.58. The molecule has 1 amide bonds. The SMILES string of the molecule is CCC(c1ccco1)N1CCNCC1C(=O)NC. The predicted molar refractivity (Wildman–Crippen MR) is 69.2 cm³/mol. The van der Waals surface area contributed by atoms with E-state index in [0.717, 1.165) is 25.3 Å². The molecule has 18 heavy (non-hydrogen) atoms. The van der Waals surface area contributed by atoms with E-state index in [0.29, 0.717) is 6.54 Å². The molecule has 2 heterocycles. The van der Waals surface area contributed by atoms with Gasteiger partial charge in [-0.05, 0) is 18.6 Å². The van der Waals surface area contributed by atoms with Gasteiger partial charge >= 0.3 is 0 Å². The molecule has 0 radical (unpaired) electrons. The molecule has 0 aromatic carbocycles. The summed E-state index contributed by atoms with van der Waals surface area (Å²) in [6.07, 6.45) is 2.62. The number of hydrogen-bond acceptors (Lipinski definition) is 4. The van der Waals surface area contributed by atoms with Crippen molar-refractivity contribution in [2.75, 3.05) is 26.7 Å². The highest BCUT2D eigenvalue weighted by molar-refractivity contribution is 5.81. The second kappa shape index (κ2) is 6.02. The first-order valence-corrected chi connectivity index (χ1v) is 6.49. The van der Waals surface area contributed by atoms with Crippen LogP contribution < -0.4 is 10.6 Å². The summed E-state index contributed by atoms with van der Waals surface area (Å²) in [5, 5.41) is 6.01. The second-order valence-electron chi connectivity index (χ2n) is 4.51. The van der Waals surface area contributed by atoms with Gasteiger partial charge in [0.2, 0.25) is 5.91 Å². The average Bonchev–Trinajstić information content (AvgIpc) is 2.93. The minimum Gasteiger partial charge on any atom is -0.468 e. The fourth-order valence-corrected chi connectivity index (χ4v) is 2.58. The first-order chi connectivity index (χ1) is 8.77. The highest BCUT2D eigenvalue weighted by Crippen LogP contribution is 2.27. The zero-order valence-electron chi connectivity index (χ0n) is 11.0. The molecule has 0 bridgehead atoms. The third-order valence-corrected chi connectivity index (χ3v) is 3.49. The standard InChI is InChI=1S/C13H21N3O2/c1-3-10(12-5-4-8-18-12)16-7-6-15-9-11(16)13(17)14-2/h4-5,8,10-11,15H,3,6-7,9H2,1-2H3,(H,14,17). The van der Waals surface area contributed by atoms with E-state index in [9.17, 15) is 4.79 Å². The van der Waals surface area contributed by atoms with E-state index in [1.165, 1.54) is 0 Å². The summed E-state index contributed by atoms with van der Waals surface area (Å²) in [5.74, 6) is 1.00. The number of carbonyl (C=O) groups excluding carboxylic acids is 1. The van der Waals surface area contributed by atoms with Crippen molar-refractivity contribution in [2.24, 2.45) is 0 Å². The van der Waals surface area contributed by atoms with E-state index in [2.05, 4.69) is 22.5 Å². The van der Waals surface area contributed by atoms with Gasteiger partial charge in [0.1, 0.15) is 11.8 Å². The van der Waals surface area contributed by atoms with Crippen LogP contribution in [0, 0.1) is 0 Å². The van der Waals surface area contributed by atoms with Crippen LogP contribution in [0.3, 0.4) is 0 Å². The van der Waals surface area contributed by atoms with Crippen molar-refractivity contribution in [1.29, 1.82) is 0 Å². The minimum atomic E-state index is -0.126. The fourth-order valence-electron chi connectivity index (χ4n) is 2.58. The number of furan rings is 1. The molecular weight excluding hydrogens is 230 g/mol. The van der Waals surface area contributed by atoms with Gasteiger partial charge in [-0.2, -0.15) is 0 Å². The van der Waals surface area contributed by atoms with Gasteiger partial charge in [0, 0.05) is 26.7 Å². The molecule has 5 nitrogen and oxygen atoms in total. The Labute approximate surface area is 108 Å². The largest absolute Gasteiger partial charge is 0.468 e. The van der Waals surface area contributed by atoms with Gasteiger partial charge in [0.15, 0.2) is 0 Å². The Morgan fingerprint density at radius 2 is 2.56 bits per heavy atom. The lowest BCUT2D eigenvalue weighted by molar-refractivity contribution is -0.127. The Kier molecular flexibility index (Phi) is 4.38. The molecule has 2 N–H and O–H groups in total. The van der Waals surface area contributed by atoms with E-state index >= 15 is 0 Å². The van der Waals surface area contributed by atoms with Crippen LogP contribution in [-0.4, -0.2) is 43.5 Å². The van der Waals surface area contributed by atoms with E-state index in [1.54, 1.807) is 13.3 Å². The predicted octanol–water partition coefficient (Wildman–Crippen LogP) is 0.751. The molecule has 2 unspecified atom stereocenters. The maximum atomic E-state index is 11.9. The Hall–Kier alpha value is -1.33. The number of carbonyl (C=O) groups is 1. The van der Waals surface area contributed by atoms with Crippen molar-refractivity contribution < 1.29 is 9.21 Å². The van der Waals surface area contributed by atoms with Crippen molar-refractivity contribution in [3.63, 3.8) is 0 Å². The molecule has 1 aliphatic rings. The molecule has 0 saturated carbocycles. The van der Waals surface area contributed by atoms with Gasteiger partial charge in [-0.25, -0.2) is 0 Å². The molecule has 1 aromatic heterocycles. The molecule has 1 fully saturated rings. The molecule has 0 aliphatic carbocycles. The average molecular weight is 251 g/mol. The van der Waals surface area contributed by atoms with Crippen molar-refractivity contribution >= 4 is 5.91 Å². The Balaban J connectivity index is 2.19. The van der Waals surface area contributed by atoms with E-state index < -0.39 is 0 Å². The van der Waals surface area contributed by atoms with Gasteiger partial charge in [0.05, 0.1) is 12.3 Å². The number of nitrogens with one attached hydrogen (secondary N) is 2. The van der Waals surface area contributed by atoms with Crippen LogP contribution in [0.2, 0.25) is 0 Å². The number of piperazine rings is 1. The molecule has 2 rings (SSSR count). The van der Waals surface area contributed by atoms with Gasteiger partial charge < -0.3 is 15.1 Å².